The molecule has 3 atom stereocenters. The van der Waals surface area contributed by atoms with Crippen LogP contribution in [0.25, 0.3) is 0 Å². The molecule has 160 valence electrons. The van der Waals surface area contributed by atoms with Crippen LogP contribution >= 0.6 is 0 Å². The minimum atomic E-state index is -0.822. The van der Waals surface area contributed by atoms with Crippen molar-refractivity contribution in [2.24, 2.45) is 0 Å². The van der Waals surface area contributed by atoms with Crippen LogP contribution in [-0.4, -0.2) is 40.5 Å². The Morgan fingerprint density at radius 2 is 2.00 bits per heavy atom. The predicted octanol–water partition coefficient (Wildman–Crippen LogP) is 3.41. The van der Waals surface area contributed by atoms with Crippen molar-refractivity contribution < 1.29 is 14.6 Å². The highest BCUT2D eigenvalue weighted by atomic mass is 16.5. The van der Waals surface area contributed by atoms with E-state index in [2.05, 4.69) is 39.9 Å². The molecule has 7 nitrogen and oxygen atoms in total. The summed E-state index contributed by atoms with van der Waals surface area (Å²) in [5.74, 6) is -0.114. The third-order valence-corrected chi connectivity index (χ3v) is 5.49. The summed E-state index contributed by atoms with van der Waals surface area (Å²) in [5, 5.41) is 24.2. The fraction of sp³-hybridized carbons (Fsp3) is 0.292. The van der Waals surface area contributed by atoms with E-state index >= 15 is 0 Å². The summed E-state index contributed by atoms with van der Waals surface area (Å²) in [4.78, 5) is 11.0. The molecule has 0 bridgehead atoms. The Morgan fingerprint density at radius 3 is 2.81 bits per heavy atom. The molecule has 0 aliphatic carbocycles. The van der Waals surface area contributed by atoms with Crippen molar-refractivity contribution in [1.29, 1.82) is 0 Å². The van der Waals surface area contributed by atoms with Crippen LogP contribution in [0.4, 0.5) is 5.69 Å². The molecule has 7 heteroatoms. The third-order valence-electron chi connectivity index (χ3n) is 5.49. The molecular weight excluding hydrogens is 392 g/mol. The van der Waals surface area contributed by atoms with Gasteiger partial charge in [0.2, 0.25) is 0 Å². The number of aliphatic carboxylic acids is 1. The van der Waals surface area contributed by atoms with Crippen LogP contribution in [0, 0.1) is 0 Å². The molecule has 0 fully saturated rings. The highest BCUT2D eigenvalue weighted by molar-refractivity contribution is 5.70. The van der Waals surface area contributed by atoms with Crippen molar-refractivity contribution in [2.45, 2.75) is 31.4 Å². The first-order valence-electron chi connectivity index (χ1n) is 10.4. The number of aromatic nitrogens is 2. The molecule has 2 heterocycles. The largest absolute Gasteiger partial charge is 0.481 e. The van der Waals surface area contributed by atoms with E-state index in [1.165, 1.54) is 0 Å². The Morgan fingerprint density at radius 1 is 1.19 bits per heavy atom. The second kappa shape index (κ2) is 9.57. The molecule has 1 aliphatic heterocycles. The molecule has 1 aliphatic rings. The number of hydrogen-bond acceptors (Lipinski definition) is 6. The first-order chi connectivity index (χ1) is 15.1. The van der Waals surface area contributed by atoms with Gasteiger partial charge in [-0.1, -0.05) is 61.5 Å². The number of carboxylic acid groups (broad SMARTS) is 1. The molecule has 0 spiro atoms. The molecule has 31 heavy (non-hydrogen) atoms. The van der Waals surface area contributed by atoms with Gasteiger partial charge in [0, 0.05) is 6.54 Å². The number of hydrogen-bond donors (Lipinski definition) is 3. The summed E-state index contributed by atoms with van der Waals surface area (Å²) < 4.78 is 6.19. The summed E-state index contributed by atoms with van der Waals surface area (Å²) in [7, 11) is 0. The zero-order valence-corrected chi connectivity index (χ0v) is 17.4. The Kier molecular flexibility index (Phi) is 6.43. The van der Waals surface area contributed by atoms with Crippen molar-refractivity contribution >= 4 is 11.7 Å². The van der Waals surface area contributed by atoms with E-state index in [9.17, 15) is 4.79 Å². The fourth-order valence-corrected chi connectivity index (χ4v) is 3.85. The minimum Gasteiger partial charge on any atom is -0.481 e. The van der Waals surface area contributed by atoms with Gasteiger partial charge in [-0.25, -0.2) is 0 Å². The molecule has 0 saturated heterocycles. The van der Waals surface area contributed by atoms with Crippen LogP contribution in [0.15, 0.2) is 66.9 Å². The van der Waals surface area contributed by atoms with Crippen LogP contribution in [0.3, 0.4) is 0 Å². The quantitative estimate of drug-likeness (QED) is 0.516. The summed E-state index contributed by atoms with van der Waals surface area (Å²) >= 11 is 0. The highest BCUT2D eigenvalue weighted by Crippen LogP contribution is 2.30. The van der Waals surface area contributed by atoms with E-state index < -0.39 is 5.97 Å². The summed E-state index contributed by atoms with van der Waals surface area (Å²) in [6, 6.07) is 19.8. The number of rotatable bonds is 8. The number of carboxylic acids is 1. The number of ether oxygens (including phenoxy) is 1. The third kappa shape index (κ3) is 5.19. The summed E-state index contributed by atoms with van der Waals surface area (Å²) in [6.45, 7) is 3.49. The number of nitrogens with one attached hydrogen (secondary N) is 2. The lowest BCUT2D eigenvalue weighted by Crippen LogP contribution is -2.43. The Bertz CT molecular complexity index is 1030. The highest BCUT2D eigenvalue weighted by Gasteiger charge is 2.30. The average molecular weight is 418 g/mol. The first kappa shape index (κ1) is 20.8. The van der Waals surface area contributed by atoms with E-state index in [1.807, 2.05) is 48.5 Å². The minimum absolute atomic E-state index is 0.0304. The van der Waals surface area contributed by atoms with E-state index in [4.69, 9.17) is 9.84 Å². The number of nitrogens with zero attached hydrogens (tertiary/aromatic N) is 2. The van der Waals surface area contributed by atoms with Crippen LogP contribution in [0.5, 0.6) is 5.88 Å². The predicted molar refractivity (Wildman–Crippen MR) is 118 cm³/mol. The van der Waals surface area contributed by atoms with Gasteiger partial charge in [-0.3, -0.25) is 4.79 Å². The van der Waals surface area contributed by atoms with Gasteiger partial charge < -0.3 is 20.5 Å². The summed E-state index contributed by atoms with van der Waals surface area (Å²) in [6.07, 6.45) is 1.52. The van der Waals surface area contributed by atoms with Gasteiger partial charge in [-0.05, 0) is 28.7 Å². The zero-order valence-electron chi connectivity index (χ0n) is 17.4. The van der Waals surface area contributed by atoms with Crippen molar-refractivity contribution in [1.82, 2.24) is 15.5 Å². The molecule has 1 aromatic heterocycles. The van der Waals surface area contributed by atoms with Gasteiger partial charge in [0.1, 0.15) is 11.8 Å². The van der Waals surface area contributed by atoms with Crippen molar-refractivity contribution in [3.63, 3.8) is 0 Å². The Hall–Kier alpha value is -3.45. The smallest absolute Gasteiger partial charge is 0.307 e. The molecule has 0 amide bonds. The summed E-state index contributed by atoms with van der Waals surface area (Å²) in [5.41, 5.74) is 3.90. The van der Waals surface area contributed by atoms with Crippen molar-refractivity contribution in [2.75, 3.05) is 18.4 Å². The molecule has 0 saturated carbocycles. The van der Waals surface area contributed by atoms with Crippen LogP contribution < -0.4 is 15.4 Å². The van der Waals surface area contributed by atoms with E-state index in [1.54, 1.807) is 6.20 Å². The molecule has 2 aromatic carbocycles. The molecule has 3 aromatic rings. The average Bonchev–Trinajstić information content (AvgIpc) is 2.79. The van der Waals surface area contributed by atoms with Crippen LogP contribution in [0.1, 0.15) is 35.6 Å². The van der Waals surface area contributed by atoms with Gasteiger partial charge >= 0.3 is 5.97 Å². The Balaban J connectivity index is 1.49. The number of carbonyl (C=O) groups is 1. The monoisotopic (exact) mass is 418 g/mol. The zero-order chi connectivity index (χ0) is 21.6. The maximum atomic E-state index is 11.0. The van der Waals surface area contributed by atoms with Crippen molar-refractivity contribution in [3.05, 3.63) is 83.6 Å². The molecule has 0 unspecified atom stereocenters. The van der Waals surface area contributed by atoms with Crippen LogP contribution in [0.2, 0.25) is 0 Å². The number of fused-ring (bicyclic) bond motifs is 1. The second-order valence-corrected chi connectivity index (χ2v) is 7.80. The SMILES string of the molecule is C[C@@H](CN[C@H](c1ccccc1)[C@H]1CNc2ccnnc2O1)c1cccc(CC(=O)O)c1. The maximum Gasteiger partial charge on any atom is 0.307 e. The molecular formula is C24H26N4O3. The lowest BCUT2D eigenvalue weighted by atomic mass is 9.95. The van der Waals surface area contributed by atoms with Crippen LogP contribution in [-0.2, 0) is 11.2 Å². The van der Waals surface area contributed by atoms with Gasteiger partial charge in [0.05, 0.1) is 25.2 Å². The van der Waals surface area contributed by atoms with E-state index in [0.717, 1.165) is 22.4 Å². The lowest BCUT2D eigenvalue weighted by Gasteiger charge is -2.33. The first-order valence-corrected chi connectivity index (χ1v) is 10.4. The lowest BCUT2D eigenvalue weighted by molar-refractivity contribution is -0.136. The normalized spacial score (nSPS) is 17.0. The van der Waals surface area contributed by atoms with Gasteiger partial charge in [-0.15, -0.1) is 5.10 Å². The molecule has 0 radical (unpaired) electrons. The van der Waals surface area contributed by atoms with E-state index in [-0.39, 0.29) is 24.5 Å². The van der Waals surface area contributed by atoms with Crippen molar-refractivity contribution in [3.8, 4) is 5.88 Å². The van der Waals surface area contributed by atoms with E-state index in [0.29, 0.717) is 19.0 Å². The fourth-order valence-electron chi connectivity index (χ4n) is 3.85. The molecule has 3 N–H and O–H groups in total. The van der Waals surface area contributed by atoms with Gasteiger partial charge in [0.15, 0.2) is 0 Å². The Labute approximate surface area is 181 Å². The number of benzene rings is 2. The number of anilines is 1. The van der Waals surface area contributed by atoms with Gasteiger partial charge in [0.25, 0.3) is 5.88 Å². The second-order valence-electron chi connectivity index (χ2n) is 7.80. The van der Waals surface area contributed by atoms with Gasteiger partial charge in [-0.2, -0.15) is 5.10 Å². The maximum absolute atomic E-state index is 11.0. The molecule has 4 rings (SSSR count). The topological polar surface area (TPSA) is 96.4 Å². The standard InChI is InChI=1S/C24H26N4O3/c1-16(19-9-5-6-17(12-19)13-22(29)30)14-26-23(18-7-3-2-4-8-18)21-15-25-20-10-11-27-28-24(20)31-21/h2-12,16,21,23,25-26H,13-15H2,1H3,(H,29,30)/t16-,21+,23+/m0/s1.